The van der Waals surface area contributed by atoms with Gasteiger partial charge < -0.3 is 14.7 Å². The Kier molecular flexibility index (Phi) is 7.51. The topological polar surface area (TPSA) is 116 Å². The number of aromatic nitrogens is 3. The standard InChI is InChI=1S/C32H35F3N6O3S/c1-2-22-25(34)6-5-19-13-21(42)14-23(26(19)22)28-27(35)29-24(16-37-28)30(40-8-4-11-45(36,43)12-10-40)39-31(38-29)44-18-32-7-3-9-41(32)17-20(33)15-32/h5-6,13-14,16,20,36,42H,2-4,7-12,15,17-18H2,1H3/t20-,32+,45?/m1/s1. The molecule has 0 saturated carbocycles. The third kappa shape index (κ3) is 5.33. The van der Waals surface area contributed by atoms with Crippen molar-refractivity contribution in [2.24, 2.45) is 0 Å². The second kappa shape index (κ2) is 11.3. The molecule has 3 saturated heterocycles. The molecule has 4 aromatic rings. The van der Waals surface area contributed by atoms with E-state index in [2.05, 4.69) is 19.9 Å². The zero-order valence-corrected chi connectivity index (χ0v) is 25.8. The van der Waals surface area contributed by atoms with E-state index in [1.165, 1.54) is 24.4 Å². The van der Waals surface area contributed by atoms with Gasteiger partial charge in [-0.05, 0) is 66.8 Å². The minimum Gasteiger partial charge on any atom is -0.508 e. The number of ether oxygens (including phenoxy) is 1. The number of anilines is 1. The number of alkyl halides is 1. The van der Waals surface area contributed by atoms with Crippen LogP contribution in [0.25, 0.3) is 32.9 Å². The van der Waals surface area contributed by atoms with Crippen LogP contribution in [0.3, 0.4) is 0 Å². The first-order chi connectivity index (χ1) is 21.6. The molecule has 13 heteroatoms. The van der Waals surface area contributed by atoms with E-state index in [-0.39, 0.29) is 53.2 Å². The number of nitrogens with zero attached hydrogens (tertiary/aromatic N) is 5. The first-order valence-electron chi connectivity index (χ1n) is 15.4. The van der Waals surface area contributed by atoms with Gasteiger partial charge in [-0.25, -0.2) is 17.4 Å². The molecule has 3 aliphatic rings. The Labute approximate surface area is 259 Å². The highest BCUT2D eigenvalue weighted by atomic mass is 32.2. The predicted octanol–water partition coefficient (Wildman–Crippen LogP) is 5.60. The maximum atomic E-state index is 16.8. The maximum absolute atomic E-state index is 16.8. The Hall–Kier alpha value is -3.71. The summed E-state index contributed by atoms with van der Waals surface area (Å²) < 4.78 is 73.0. The number of pyridine rings is 1. The van der Waals surface area contributed by atoms with E-state index in [9.17, 15) is 18.1 Å². The van der Waals surface area contributed by atoms with Crippen molar-refractivity contribution in [3.05, 3.63) is 47.7 Å². The number of halogens is 3. The molecule has 0 radical (unpaired) electrons. The third-order valence-corrected chi connectivity index (χ3v) is 11.3. The van der Waals surface area contributed by atoms with E-state index in [1.54, 1.807) is 13.0 Å². The molecule has 2 aromatic carbocycles. The van der Waals surface area contributed by atoms with Crippen LogP contribution in [0.5, 0.6) is 11.8 Å². The van der Waals surface area contributed by atoms with Gasteiger partial charge in [-0.1, -0.05) is 13.0 Å². The number of fused-ring (bicyclic) bond motifs is 3. The first-order valence-corrected chi connectivity index (χ1v) is 17.3. The summed E-state index contributed by atoms with van der Waals surface area (Å²) in [6.45, 7) is 3.81. The maximum Gasteiger partial charge on any atom is 0.319 e. The van der Waals surface area contributed by atoms with E-state index in [4.69, 9.17) is 9.52 Å². The second-order valence-corrected chi connectivity index (χ2v) is 14.8. The molecule has 0 aliphatic carbocycles. The Bertz CT molecular complexity index is 1930. The molecular formula is C32H35F3N6O3S. The first kappa shape index (κ1) is 30.0. The molecule has 238 valence electrons. The molecule has 2 N–H and O–H groups in total. The number of benzene rings is 2. The molecular weight excluding hydrogens is 605 g/mol. The van der Waals surface area contributed by atoms with E-state index in [0.29, 0.717) is 59.9 Å². The summed E-state index contributed by atoms with van der Waals surface area (Å²) >= 11 is 0. The molecule has 5 heterocycles. The van der Waals surface area contributed by atoms with Gasteiger partial charge in [0.2, 0.25) is 0 Å². The van der Waals surface area contributed by atoms with Gasteiger partial charge in [0.1, 0.15) is 41.4 Å². The third-order valence-electron chi connectivity index (χ3n) is 9.53. The minimum absolute atomic E-state index is 0.0719. The fraction of sp³-hybridized carbons (Fsp3) is 0.469. The van der Waals surface area contributed by atoms with Gasteiger partial charge in [0.15, 0.2) is 5.82 Å². The normalized spacial score (nSPS) is 25.6. The monoisotopic (exact) mass is 640 g/mol. The Morgan fingerprint density at radius 2 is 2.00 bits per heavy atom. The van der Waals surface area contributed by atoms with Crippen LogP contribution in [0, 0.1) is 16.4 Å². The smallest absolute Gasteiger partial charge is 0.319 e. The summed E-state index contributed by atoms with van der Waals surface area (Å²) in [5.41, 5.74) is -0.0472. The molecule has 3 fully saturated rings. The van der Waals surface area contributed by atoms with Crippen LogP contribution in [-0.4, -0.2) is 85.2 Å². The van der Waals surface area contributed by atoms with Crippen LogP contribution < -0.4 is 9.64 Å². The number of phenols is 1. The van der Waals surface area contributed by atoms with Crippen LogP contribution in [-0.2, 0) is 16.1 Å². The molecule has 3 aliphatic heterocycles. The molecule has 0 spiro atoms. The minimum atomic E-state index is -2.75. The van der Waals surface area contributed by atoms with Crippen molar-refractivity contribution in [3.8, 4) is 23.0 Å². The summed E-state index contributed by atoms with van der Waals surface area (Å²) in [4.78, 5) is 17.6. The Morgan fingerprint density at radius 3 is 2.82 bits per heavy atom. The Morgan fingerprint density at radius 1 is 1.16 bits per heavy atom. The zero-order valence-electron chi connectivity index (χ0n) is 25.0. The summed E-state index contributed by atoms with van der Waals surface area (Å²) in [6, 6.07) is 5.67. The highest BCUT2D eigenvalue weighted by Gasteiger charge is 2.49. The Balaban J connectivity index is 1.38. The molecule has 0 amide bonds. The lowest BCUT2D eigenvalue weighted by atomic mass is 9.94. The molecule has 45 heavy (non-hydrogen) atoms. The van der Waals surface area contributed by atoms with Crippen LogP contribution >= 0.6 is 0 Å². The molecule has 9 nitrogen and oxygen atoms in total. The number of hydrogen-bond acceptors (Lipinski definition) is 9. The number of nitrogens with one attached hydrogen (secondary N) is 1. The van der Waals surface area contributed by atoms with Crippen molar-refractivity contribution in [2.45, 2.75) is 50.7 Å². The summed E-state index contributed by atoms with van der Waals surface area (Å²) in [7, 11) is -2.75. The zero-order chi connectivity index (χ0) is 31.5. The lowest BCUT2D eigenvalue weighted by molar-refractivity contribution is 0.107. The number of hydrogen-bond donors (Lipinski definition) is 2. The van der Waals surface area contributed by atoms with Crippen molar-refractivity contribution in [2.75, 3.05) is 49.2 Å². The van der Waals surface area contributed by atoms with Gasteiger partial charge >= 0.3 is 6.01 Å². The van der Waals surface area contributed by atoms with Gasteiger partial charge in [0.25, 0.3) is 0 Å². The van der Waals surface area contributed by atoms with Gasteiger partial charge in [-0.3, -0.25) is 14.7 Å². The second-order valence-electron chi connectivity index (χ2n) is 12.4. The highest BCUT2D eigenvalue weighted by molar-refractivity contribution is 7.92. The number of aryl methyl sites for hydroxylation is 1. The van der Waals surface area contributed by atoms with Gasteiger partial charge in [-0.2, -0.15) is 9.97 Å². The molecule has 7 rings (SSSR count). The van der Waals surface area contributed by atoms with Crippen LogP contribution in [0.15, 0.2) is 30.5 Å². The largest absolute Gasteiger partial charge is 0.508 e. The lowest BCUT2D eigenvalue weighted by Crippen LogP contribution is -2.43. The number of phenolic OH excluding ortho intramolecular Hbond substituents is 1. The van der Waals surface area contributed by atoms with Crippen LogP contribution in [0.1, 0.15) is 38.2 Å². The van der Waals surface area contributed by atoms with Crippen molar-refractivity contribution < 1.29 is 27.2 Å². The average molecular weight is 641 g/mol. The predicted molar refractivity (Wildman–Crippen MR) is 167 cm³/mol. The molecule has 1 unspecified atom stereocenters. The van der Waals surface area contributed by atoms with Crippen LogP contribution in [0.4, 0.5) is 19.0 Å². The summed E-state index contributed by atoms with van der Waals surface area (Å²) in [5.74, 6) is -0.597. The summed E-state index contributed by atoms with van der Waals surface area (Å²) in [5, 5.41) is 11.8. The average Bonchev–Trinajstić information content (AvgIpc) is 3.46. The van der Waals surface area contributed by atoms with Crippen molar-refractivity contribution in [1.82, 2.24) is 19.9 Å². The fourth-order valence-electron chi connectivity index (χ4n) is 7.37. The van der Waals surface area contributed by atoms with Crippen molar-refractivity contribution in [3.63, 3.8) is 0 Å². The van der Waals surface area contributed by atoms with Gasteiger partial charge in [-0.15, -0.1) is 0 Å². The van der Waals surface area contributed by atoms with Crippen molar-refractivity contribution >= 4 is 37.2 Å². The number of rotatable bonds is 6. The quantitative estimate of drug-likeness (QED) is 0.280. The van der Waals surface area contributed by atoms with Gasteiger partial charge in [0.05, 0.1) is 10.9 Å². The molecule has 0 bridgehead atoms. The summed E-state index contributed by atoms with van der Waals surface area (Å²) in [6.07, 6.45) is 3.41. The SMILES string of the molecule is CCc1c(F)ccc2cc(O)cc(-c3ncc4c(N5CCCS(=N)(=O)CC5)nc(OC[C@@]56CCCN5C[C@H](F)C6)nc4c3F)c12. The lowest BCUT2D eigenvalue weighted by Gasteiger charge is -2.31. The van der Waals surface area contributed by atoms with Gasteiger partial charge in [0, 0.05) is 59.1 Å². The van der Waals surface area contributed by atoms with E-state index >= 15 is 4.39 Å². The van der Waals surface area contributed by atoms with E-state index < -0.39 is 33.1 Å². The molecule has 3 atom stereocenters. The fourth-order valence-corrected chi connectivity index (χ4v) is 8.68. The highest BCUT2D eigenvalue weighted by Crippen LogP contribution is 2.42. The van der Waals surface area contributed by atoms with E-state index in [0.717, 1.165) is 19.4 Å². The molecule has 2 aromatic heterocycles. The van der Waals surface area contributed by atoms with E-state index in [1.807, 2.05) is 4.90 Å². The van der Waals surface area contributed by atoms with Crippen molar-refractivity contribution in [1.29, 1.82) is 4.78 Å². The van der Waals surface area contributed by atoms with Crippen LogP contribution in [0.2, 0.25) is 0 Å². The number of aromatic hydroxyl groups is 1.